The number of nitrogens with two attached hydrogens (primary N) is 2. The van der Waals surface area contributed by atoms with Crippen molar-refractivity contribution in [3.63, 3.8) is 0 Å². The molecular formula is C15H24N3O3+. The topological polar surface area (TPSA) is 106 Å². The van der Waals surface area contributed by atoms with Crippen molar-refractivity contribution in [1.29, 1.82) is 0 Å². The zero-order valence-corrected chi connectivity index (χ0v) is 13.0. The summed E-state index contributed by atoms with van der Waals surface area (Å²) in [5.74, 6) is -1.41. The van der Waals surface area contributed by atoms with Gasteiger partial charge in [0.05, 0.1) is 11.1 Å². The average Bonchev–Trinajstić information content (AvgIpc) is 2.37. The van der Waals surface area contributed by atoms with Crippen LogP contribution in [0.5, 0.6) is 0 Å². The molecule has 0 bridgehead atoms. The van der Waals surface area contributed by atoms with Crippen molar-refractivity contribution in [2.45, 2.75) is 46.3 Å². The molecule has 0 atom stereocenters. The van der Waals surface area contributed by atoms with Gasteiger partial charge in [0, 0.05) is 5.56 Å². The van der Waals surface area contributed by atoms with E-state index in [4.69, 9.17) is 11.5 Å². The molecular weight excluding hydrogens is 270 g/mol. The molecule has 0 aromatic heterocycles. The Hall–Kier alpha value is -1.92. The normalized spacial score (nSPS) is 12.0. The molecule has 0 saturated carbocycles. The van der Waals surface area contributed by atoms with Gasteiger partial charge in [0.2, 0.25) is 11.8 Å². The summed E-state index contributed by atoms with van der Waals surface area (Å²) in [7, 11) is 0. The van der Waals surface area contributed by atoms with Gasteiger partial charge in [0.25, 0.3) is 0 Å². The minimum absolute atomic E-state index is 0.0159. The number of carbonyl (C=O) groups excluding carboxylic acids is 2. The fourth-order valence-corrected chi connectivity index (χ4v) is 2.36. The fourth-order valence-electron chi connectivity index (χ4n) is 2.36. The number of benzene rings is 1. The summed E-state index contributed by atoms with van der Waals surface area (Å²) in [6, 6.07) is 4.65. The summed E-state index contributed by atoms with van der Waals surface area (Å²) < 4.78 is -0.172. The van der Waals surface area contributed by atoms with E-state index in [1.54, 1.807) is 6.07 Å². The van der Waals surface area contributed by atoms with Gasteiger partial charge in [-0.1, -0.05) is 6.07 Å². The van der Waals surface area contributed by atoms with Crippen LogP contribution in [0.1, 0.15) is 54.0 Å². The maximum Gasteiger partial charge on any atom is 0.249 e. The Bertz CT molecular complexity index is 545. The molecule has 6 nitrogen and oxygen atoms in total. The largest absolute Gasteiger partial charge is 0.366 e. The maximum atomic E-state index is 11.5. The number of amides is 2. The molecule has 0 aliphatic carbocycles. The van der Waals surface area contributed by atoms with Gasteiger partial charge in [-0.25, -0.2) is 5.21 Å². The number of nitrogens with zero attached hydrogens (tertiary/aromatic N) is 1. The number of carbonyl (C=O) groups is 2. The molecule has 21 heavy (non-hydrogen) atoms. The smallest absolute Gasteiger partial charge is 0.249 e. The van der Waals surface area contributed by atoms with Crippen LogP contribution in [0.15, 0.2) is 18.2 Å². The first-order chi connectivity index (χ1) is 9.59. The standard InChI is InChI=1S/C15H23N3O3/c1-9(2)18(21,10(3)4)8-11-5-6-12(14(16)19)13(7-11)15(17)20/h5-7,9-10,21H,8H2,1-4H3,(H3-,16,17,19,20)/p+1. The molecule has 0 spiro atoms. The van der Waals surface area contributed by atoms with Crippen molar-refractivity contribution in [3.05, 3.63) is 34.9 Å². The van der Waals surface area contributed by atoms with Crippen LogP contribution in [0.4, 0.5) is 0 Å². The molecule has 1 aromatic rings. The molecule has 0 saturated heterocycles. The zero-order chi connectivity index (χ0) is 16.4. The van der Waals surface area contributed by atoms with Crippen LogP contribution < -0.4 is 11.5 Å². The molecule has 5 N–H and O–H groups in total. The van der Waals surface area contributed by atoms with Crippen molar-refractivity contribution in [2.24, 2.45) is 11.5 Å². The van der Waals surface area contributed by atoms with Crippen LogP contribution in [0.3, 0.4) is 0 Å². The first-order valence-electron chi connectivity index (χ1n) is 6.92. The molecule has 0 radical (unpaired) electrons. The lowest BCUT2D eigenvalue weighted by molar-refractivity contribution is -1.14. The molecule has 116 valence electrons. The van der Waals surface area contributed by atoms with Crippen LogP contribution in [0, 0.1) is 0 Å². The molecule has 2 amide bonds. The number of rotatable bonds is 6. The molecule has 6 heteroatoms. The van der Waals surface area contributed by atoms with Gasteiger partial charge in [-0.3, -0.25) is 9.59 Å². The van der Waals surface area contributed by atoms with Gasteiger partial charge in [-0.15, -0.1) is 0 Å². The third-order valence-corrected chi connectivity index (χ3v) is 3.84. The Morgan fingerprint density at radius 2 is 1.52 bits per heavy atom. The Morgan fingerprint density at radius 1 is 1.05 bits per heavy atom. The molecule has 0 heterocycles. The number of hydrogen-bond acceptors (Lipinski definition) is 3. The highest BCUT2D eigenvalue weighted by Crippen LogP contribution is 2.22. The summed E-state index contributed by atoms with van der Waals surface area (Å²) in [6.07, 6.45) is 0. The molecule has 0 aliphatic rings. The predicted octanol–water partition coefficient (Wildman–Crippen LogP) is 1.41. The van der Waals surface area contributed by atoms with E-state index in [0.717, 1.165) is 5.56 Å². The highest BCUT2D eigenvalue weighted by molar-refractivity contribution is 6.06. The second-order valence-corrected chi connectivity index (χ2v) is 5.84. The highest BCUT2D eigenvalue weighted by atomic mass is 16.5. The van der Waals surface area contributed by atoms with Crippen LogP contribution in [0.2, 0.25) is 0 Å². The third-order valence-electron chi connectivity index (χ3n) is 3.84. The van der Waals surface area contributed by atoms with E-state index >= 15 is 0 Å². The second kappa shape index (κ2) is 6.24. The van der Waals surface area contributed by atoms with Gasteiger partial charge >= 0.3 is 0 Å². The Balaban J connectivity index is 3.24. The Labute approximate surface area is 124 Å². The van der Waals surface area contributed by atoms with E-state index in [-0.39, 0.29) is 27.9 Å². The van der Waals surface area contributed by atoms with E-state index in [0.29, 0.717) is 6.54 Å². The van der Waals surface area contributed by atoms with Crippen molar-refractivity contribution < 1.29 is 19.4 Å². The Morgan fingerprint density at radius 3 is 1.90 bits per heavy atom. The first-order valence-corrected chi connectivity index (χ1v) is 6.92. The van der Waals surface area contributed by atoms with Gasteiger partial charge < -0.3 is 11.5 Å². The minimum atomic E-state index is -0.712. The quantitative estimate of drug-likeness (QED) is 0.545. The van der Waals surface area contributed by atoms with E-state index < -0.39 is 11.8 Å². The molecule has 1 aromatic carbocycles. The minimum Gasteiger partial charge on any atom is -0.366 e. The van der Waals surface area contributed by atoms with Gasteiger partial charge in [-0.2, -0.15) is 4.65 Å². The lowest BCUT2D eigenvalue weighted by Crippen LogP contribution is -2.54. The predicted molar refractivity (Wildman–Crippen MR) is 79.5 cm³/mol. The van der Waals surface area contributed by atoms with E-state index in [1.807, 2.05) is 27.7 Å². The monoisotopic (exact) mass is 294 g/mol. The SMILES string of the molecule is CC(C)[N+](O)(Cc1ccc(C(N)=O)c(C(N)=O)c1)C(C)C. The summed E-state index contributed by atoms with van der Waals surface area (Å²) >= 11 is 0. The van der Waals surface area contributed by atoms with Gasteiger partial charge in [-0.05, 0) is 39.8 Å². The lowest BCUT2D eigenvalue weighted by atomic mass is 10.0. The van der Waals surface area contributed by atoms with Crippen LogP contribution in [0.25, 0.3) is 0 Å². The Kier molecular flexibility index (Phi) is 5.09. The summed E-state index contributed by atoms with van der Waals surface area (Å²) in [5, 5.41) is 10.8. The maximum absolute atomic E-state index is 11.5. The summed E-state index contributed by atoms with van der Waals surface area (Å²) in [6.45, 7) is 8.01. The summed E-state index contributed by atoms with van der Waals surface area (Å²) in [5.41, 5.74) is 11.4. The van der Waals surface area contributed by atoms with E-state index in [2.05, 4.69) is 0 Å². The van der Waals surface area contributed by atoms with Crippen molar-refractivity contribution in [3.8, 4) is 0 Å². The van der Waals surface area contributed by atoms with Crippen molar-refractivity contribution in [1.82, 2.24) is 0 Å². The number of hydroxylamine groups is 3. The number of primary amides is 2. The van der Waals surface area contributed by atoms with Crippen LogP contribution in [-0.2, 0) is 6.54 Å². The second-order valence-electron chi connectivity index (χ2n) is 5.84. The lowest BCUT2D eigenvalue weighted by Gasteiger charge is -2.38. The highest BCUT2D eigenvalue weighted by Gasteiger charge is 2.34. The molecule has 0 aliphatic heterocycles. The first kappa shape index (κ1) is 17.1. The van der Waals surface area contributed by atoms with Gasteiger partial charge in [0.15, 0.2) is 0 Å². The third kappa shape index (κ3) is 3.59. The molecule has 0 fully saturated rings. The average molecular weight is 294 g/mol. The number of hydrogen-bond donors (Lipinski definition) is 3. The summed E-state index contributed by atoms with van der Waals surface area (Å²) in [4.78, 5) is 22.8. The van der Waals surface area contributed by atoms with E-state index in [9.17, 15) is 14.8 Å². The van der Waals surface area contributed by atoms with Gasteiger partial charge in [0.1, 0.15) is 18.6 Å². The van der Waals surface area contributed by atoms with E-state index in [1.165, 1.54) is 12.1 Å². The van der Waals surface area contributed by atoms with Crippen LogP contribution >= 0.6 is 0 Å². The molecule has 1 rings (SSSR count). The number of quaternary nitrogens is 1. The molecule has 0 unspecified atom stereocenters. The van der Waals surface area contributed by atoms with Crippen molar-refractivity contribution in [2.75, 3.05) is 0 Å². The zero-order valence-electron chi connectivity index (χ0n) is 13.0. The fraction of sp³-hybridized carbons (Fsp3) is 0.467. The van der Waals surface area contributed by atoms with Crippen molar-refractivity contribution >= 4 is 11.8 Å². The van der Waals surface area contributed by atoms with Crippen LogP contribution in [-0.4, -0.2) is 33.8 Å².